The van der Waals surface area contributed by atoms with E-state index < -0.39 is 0 Å². The first-order valence-corrected chi connectivity index (χ1v) is 10.1. The molecule has 1 aromatic heterocycles. The molecule has 135 valence electrons. The second-order valence-corrected chi connectivity index (χ2v) is 9.33. The van der Waals surface area contributed by atoms with Gasteiger partial charge in [-0.05, 0) is 23.1 Å². The number of nitrogens with zero attached hydrogens (tertiary/aromatic N) is 3. The van der Waals surface area contributed by atoms with Crippen LogP contribution < -0.4 is 5.32 Å². The largest absolute Gasteiger partial charge is 0.285 e. The van der Waals surface area contributed by atoms with Gasteiger partial charge in [-0.3, -0.25) is 4.90 Å². The average Bonchev–Trinajstić information content (AvgIpc) is 3.06. The number of rotatable bonds is 3. The molecule has 1 aliphatic rings. The van der Waals surface area contributed by atoms with Crippen LogP contribution in [0.25, 0.3) is 10.2 Å². The number of piperazine rings is 1. The van der Waals surface area contributed by atoms with Gasteiger partial charge in [0.1, 0.15) is 10.5 Å². The lowest BCUT2D eigenvalue weighted by atomic mass is 9.84. The van der Waals surface area contributed by atoms with Crippen LogP contribution in [0.3, 0.4) is 0 Å². The van der Waals surface area contributed by atoms with E-state index in [4.69, 9.17) is 10.3 Å². The van der Waals surface area contributed by atoms with Crippen molar-refractivity contribution in [3.63, 3.8) is 0 Å². The SMILES string of the molecule is CC(C)(C)CN1CC[N]CC1(c1ccccc1)c1nc2ccccc2s1. The fourth-order valence-corrected chi connectivity index (χ4v) is 5.07. The van der Waals surface area contributed by atoms with Gasteiger partial charge in [0.2, 0.25) is 0 Å². The van der Waals surface area contributed by atoms with Gasteiger partial charge in [0.25, 0.3) is 0 Å². The smallest absolute Gasteiger partial charge is 0.120 e. The Labute approximate surface area is 160 Å². The Morgan fingerprint density at radius 1 is 1.04 bits per heavy atom. The molecular formula is C22H26N3S. The number of aromatic nitrogens is 1. The fraction of sp³-hybridized carbons (Fsp3) is 0.409. The zero-order valence-corrected chi connectivity index (χ0v) is 16.6. The van der Waals surface area contributed by atoms with E-state index in [0.717, 1.165) is 36.7 Å². The van der Waals surface area contributed by atoms with Gasteiger partial charge in [0.15, 0.2) is 0 Å². The van der Waals surface area contributed by atoms with E-state index in [1.165, 1.54) is 10.3 Å². The molecule has 0 amide bonds. The lowest BCUT2D eigenvalue weighted by Crippen LogP contribution is -2.59. The van der Waals surface area contributed by atoms with Crippen LogP contribution in [0.15, 0.2) is 54.6 Å². The van der Waals surface area contributed by atoms with E-state index >= 15 is 0 Å². The molecule has 1 atom stereocenters. The topological polar surface area (TPSA) is 30.2 Å². The summed E-state index contributed by atoms with van der Waals surface area (Å²) in [5.41, 5.74) is 2.33. The second-order valence-electron chi connectivity index (χ2n) is 8.30. The first-order chi connectivity index (χ1) is 12.5. The molecule has 2 heterocycles. The minimum atomic E-state index is -0.267. The molecule has 4 rings (SSSR count). The molecule has 1 aliphatic heterocycles. The summed E-state index contributed by atoms with van der Waals surface area (Å²) in [6.45, 7) is 10.6. The third-order valence-corrected chi connectivity index (χ3v) is 6.16. The van der Waals surface area contributed by atoms with Gasteiger partial charge >= 0.3 is 0 Å². The first kappa shape index (κ1) is 17.7. The van der Waals surface area contributed by atoms with Crippen molar-refractivity contribution in [1.82, 2.24) is 15.2 Å². The van der Waals surface area contributed by atoms with Gasteiger partial charge in [-0.2, -0.15) is 0 Å². The van der Waals surface area contributed by atoms with Gasteiger partial charge < -0.3 is 0 Å². The van der Waals surface area contributed by atoms with Crippen LogP contribution in [-0.4, -0.2) is 36.1 Å². The molecular weight excluding hydrogens is 338 g/mol. The van der Waals surface area contributed by atoms with E-state index in [2.05, 4.69) is 80.3 Å². The van der Waals surface area contributed by atoms with E-state index in [1.807, 2.05) is 11.3 Å². The van der Waals surface area contributed by atoms with Crippen molar-refractivity contribution in [3.05, 3.63) is 65.2 Å². The lowest BCUT2D eigenvalue weighted by Gasteiger charge is -2.48. The molecule has 3 aromatic rings. The van der Waals surface area contributed by atoms with Crippen molar-refractivity contribution in [2.24, 2.45) is 5.41 Å². The number of hydrogen-bond acceptors (Lipinski definition) is 3. The highest BCUT2D eigenvalue weighted by molar-refractivity contribution is 7.18. The second kappa shape index (κ2) is 6.76. The molecule has 2 aromatic carbocycles. The predicted molar refractivity (Wildman–Crippen MR) is 110 cm³/mol. The number of benzene rings is 2. The summed E-state index contributed by atoms with van der Waals surface area (Å²) in [4.78, 5) is 7.70. The van der Waals surface area contributed by atoms with Crippen molar-refractivity contribution in [2.75, 3.05) is 26.2 Å². The molecule has 4 heteroatoms. The number of para-hydroxylation sites is 1. The van der Waals surface area contributed by atoms with Crippen molar-refractivity contribution in [3.8, 4) is 0 Å². The third-order valence-electron chi connectivity index (χ3n) is 4.97. The summed E-state index contributed by atoms with van der Waals surface area (Å²) in [5.74, 6) is 0. The van der Waals surface area contributed by atoms with E-state index in [-0.39, 0.29) is 11.0 Å². The third kappa shape index (κ3) is 3.18. The summed E-state index contributed by atoms with van der Waals surface area (Å²) >= 11 is 1.81. The molecule has 1 unspecified atom stereocenters. The first-order valence-electron chi connectivity index (χ1n) is 9.29. The normalized spacial score (nSPS) is 22.0. The summed E-state index contributed by atoms with van der Waals surface area (Å²) in [6.07, 6.45) is 0. The van der Waals surface area contributed by atoms with Crippen LogP contribution in [0.4, 0.5) is 0 Å². The van der Waals surface area contributed by atoms with Crippen molar-refractivity contribution < 1.29 is 0 Å². The Morgan fingerprint density at radius 3 is 2.50 bits per heavy atom. The van der Waals surface area contributed by atoms with E-state index in [1.54, 1.807) is 0 Å². The molecule has 1 fully saturated rings. The molecule has 0 N–H and O–H groups in total. The van der Waals surface area contributed by atoms with Crippen LogP contribution in [0, 0.1) is 5.41 Å². The van der Waals surface area contributed by atoms with Gasteiger partial charge in [-0.1, -0.05) is 63.2 Å². The van der Waals surface area contributed by atoms with E-state index in [9.17, 15) is 0 Å². The summed E-state index contributed by atoms with van der Waals surface area (Å²) in [5, 5.41) is 6.02. The van der Waals surface area contributed by atoms with Crippen molar-refractivity contribution in [2.45, 2.75) is 26.3 Å². The Hall–Kier alpha value is -1.75. The Morgan fingerprint density at radius 2 is 1.77 bits per heavy atom. The van der Waals surface area contributed by atoms with Gasteiger partial charge in [0.05, 0.1) is 10.2 Å². The molecule has 26 heavy (non-hydrogen) atoms. The lowest BCUT2D eigenvalue weighted by molar-refractivity contribution is 0.0547. The molecule has 1 radical (unpaired) electrons. The molecule has 3 nitrogen and oxygen atoms in total. The van der Waals surface area contributed by atoms with Crippen LogP contribution in [0.1, 0.15) is 31.3 Å². The number of hydrogen-bond donors (Lipinski definition) is 0. The van der Waals surface area contributed by atoms with Gasteiger partial charge in [-0.15, -0.1) is 11.3 Å². The summed E-state index contributed by atoms with van der Waals surface area (Å²) in [7, 11) is 0. The zero-order valence-electron chi connectivity index (χ0n) is 15.8. The maximum atomic E-state index is 5.08. The average molecular weight is 365 g/mol. The zero-order chi connectivity index (χ0) is 18.2. The van der Waals surface area contributed by atoms with Crippen LogP contribution in [0.2, 0.25) is 0 Å². The molecule has 1 saturated heterocycles. The van der Waals surface area contributed by atoms with Crippen molar-refractivity contribution in [1.29, 1.82) is 0 Å². The van der Waals surface area contributed by atoms with Crippen LogP contribution in [0.5, 0.6) is 0 Å². The number of fused-ring (bicyclic) bond motifs is 1. The Kier molecular flexibility index (Phi) is 4.59. The fourth-order valence-electron chi connectivity index (χ4n) is 3.87. The van der Waals surface area contributed by atoms with Crippen LogP contribution in [-0.2, 0) is 5.54 Å². The highest BCUT2D eigenvalue weighted by Gasteiger charge is 2.46. The standard InChI is InChI=1S/C22H26N3S/c1-21(2,3)16-25-14-13-23-15-22(25,17-9-5-4-6-10-17)20-24-18-11-7-8-12-19(18)26-20/h4-12H,13-16H2,1-3H3. The predicted octanol–water partition coefficient (Wildman–Crippen LogP) is 4.51. The quantitative estimate of drug-likeness (QED) is 0.685. The van der Waals surface area contributed by atoms with Gasteiger partial charge in [-0.25, -0.2) is 10.3 Å². The van der Waals surface area contributed by atoms with E-state index in [0.29, 0.717) is 0 Å². The monoisotopic (exact) mass is 364 g/mol. The Balaban J connectivity index is 1.91. The van der Waals surface area contributed by atoms with Crippen LogP contribution >= 0.6 is 11.3 Å². The minimum absolute atomic E-state index is 0.216. The van der Waals surface area contributed by atoms with Crippen molar-refractivity contribution >= 4 is 21.6 Å². The van der Waals surface area contributed by atoms with Gasteiger partial charge in [0, 0.05) is 26.2 Å². The Bertz CT molecular complexity index is 848. The maximum absolute atomic E-state index is 5.08. The molecule has 0 bridgehead atoms. The minimum Gasteiger partial charge on any atom is -0.285 e. The highest BCUT2D eigenvalue weighted by Crippen LogP contribution is 2.42. The summed E-state index contributed by atoms with van der Waals surface area (Å²) in [6, 6.07) is 19.3. The molecule has 0 saturated carbocycles. The highest BCUT2D eigenvalue weighted by atomic mass is 32.1. The molecule has 0 spiro atoms. The number of thiazole rings is 1. The maximum Gasteiger partial charge on any atom is 0.120 e. The molecule has 0 aliphatic carbocycles. The summed E-state index contributed by atoms with van der Waals surface area (Å²) < 4.78 is 1.25.